The van der Waals surface area contributed by atoms with E-state index in [0.717, 1.165) is 43.1 Å². The topological polar surface area (TPSA) is 48.3 Å². The molecule has 0 unspecified atom stereocenters. The van der Waals surface area contributed by atoms with Crippen molar-refractivity contribution in [3.05, 3.63) is 29.3 Å². The van der Waals surface area contributed by atoms with E-state index in [1.807, 2.05) is 25.1 Å². The van der Waals surface area contributed by atoms with Gasteiger partial charge in [0.05, 0.1) is 18.2 Å². The fourth-order valence-electron chi connectivity index (χ4n) is 1.65. The third kappa shape index (κ3) is 4.74. The maximum Gasteiger partial charge on any atom is 0.0994 e. The Morgan fingerprint density at radius 2 is 2.17 bits per heavy atom. The van der Waals surface area contributed by atoms with E-state index in [4.69, 9.17) is 10.00 Å². The number of nitrogens with zero attached hydrogens (tertiary/aromatic N) is 2. The summed E-state index contributed by atoms with van der Waals surface area (Å²) in [5, 5.41) is 12.2. The van der Waals surface area contributed by atoms with Gasteiger partial charge in [0.15, 0.2) is 0 Å². The highest BCUT2D eigenvalue weighted by atomic mass is 16.5. The molecule has 98 valence electrons. The van der Waals surface area contributed by atoms with Crippen LogP contribution in [0.1, 0.15) is 11.1 Å². The monoisotopic (exact) mass is 247 g/mol. The Morgan fingerprint density at radius 3 is 2.78 bits per heavy atom. The molecule has 0 saturated heterocycles. The second-order valence-corrected chi connectivity index (χ2v) is 4.36. The molecule has 0 bridgehead atoms. The van der Waals surface area contributed by atoms with E-state index >= 15 is 0 Å². The summed E-state index contributed by atoms with van der Waals surface area (Å²) >= 11 is 0. The Labute approximate surface area is 109 Å². The van der Waals surface area contributed by atoms with Crippen molar-refractivity contribution in [3.63, 3.8) is 0 Å². The predicted octanol–water partition coefficient (Wildman–Crippen LogP) is 1.86. The van der Waals surface area contributed by atoms with Crippen LogP contribution in [-0.2, 0) is 4.74 Å². The molecule has 0 amide bonds. The van der Waals surface area contributed by atoms with E-state index in [1.54, 1.807) is 7.11 Å². The van der Waals surface area contributed by atoms with Gasteiger partial charge in [0.1, 0.15) is 0 Å². The molecule has 4 nitrogen and oxygen atoms in total. The molecule has 4 heteroatoms. The Bertz CT molecular complexity index is 412. The summed E-state index contributed by atoms with van der Waals surface area (Å²) in [7, 11) is 3.79. The Morgan fingerprint density at radius 1 is 1.39 bits per heavy atom. The molecular formula is C14H21N3O. The lowest BCUT2D eigenvalue weighted by Gasteiger charge is -2.16. The number of anilines is 1. The Kier molecular flexibility index (Phi) is 6.20. The lowest BCUT2D eigenvalue weighted by atomic mass is 10.1. The van der Waals surface area contributed by atoms with Crippen molar-refractivity contribution in [2.45, 2.75) is 6.92 Å². The fraction of sp³-hybridized carbons (Fsp3) is 0.500. The van der Waals surface area contributed by atoms with Crippen LogP contribution in [0.25, 0.3) is 0 Å². The molecule has 0 aromatic heterocycles. The first-order valence-electron chi connectivity index (χ1n) is 6.09. The van der Waals surface area contributed by atoms with Gasteiger partial charge in [-0.05, 0) is 37.7 Å². The second-order valence-electron chi connectivity index (χ2n) is 4.36. The van der Waals surface area contributed by atoms with Gasteiger partial charge in [-0.25, -0.2) is 0 Å². The van der Waals surface area contributed by atoms with E-state index in [2.05, 4.69) is 23.3 Å². The van der Waals surface area contributed by atoms with Crippen LogP contribution in [0.2, 0.25) is 0 Å². The van der Waals surface area contributed by atoms with Gasteiger partial charge in [-0.15, -0.1) is 0 Å². The van der Waals surface area contributed by atoms with Gasteiger partial charge in [0, 0.05) is 32.4 Å². The highest BCUT2D eigenvalue weighted by molar-refractivity contribution is 5.51. The minimum absolute atomic E-state index is 0.734. The maximum atomic E-state index is 8.85. The number of hydrogen-bond acceptors (Lipinski definition) is 4. The number of ether oxygens (including phenoxy) is 1. The normalized spacial score (nSPS) is 10.4. The van der Waals surface area contributed by atoms with Gasteiger partial charge < -0.3 is 15.0 Å². The molecular weight excluding hydrogens is 226 g/mol. The summed E-state index contributed by atoms with van der Waals surface area (Å²) in [4.78, 5) is 2.22. The zero-order valence-corrected chi connectivity index (χ0v) is 11.4. The zero-order chi connectivity index (χ0) is 13.4. The van der Waals surface area contributed by atoms with Crippen molar-refractivity contribution in [1.29, 1.82) is 5.26 Å². The van der Waals surface area contributed by atoms with Gasteiger partial charge >= 0.3 is 0 Å². The summed E-state index contributed by atoms with van der Waals surface area (Å²) in [6, 6.07) is 7.98. The first-order valence-corrected chi connectivity index (χ1v) is 6.09. The standard InChI is InChI=1S/C14H21N3O/c1-12-10-14(5-4-13(12)11-15)16-6-7-17(2)8-9-18-3/h4-5,10,16H,6-9H2,1-3H3. The maximum absolute atomic E-state index is 8.85. The van der Waals surface area contributed by atoms with Gasteiger partial charge in [0.25, 0.3) is 0 Å². The number of likely N-dealkylation sites (N-methyl/N-ethyl adjacent to an activating group) is 1. The molecule has 0 aliphatic rings. The number of methoxy groups -OCH3 is 1. The molecule has 0 heterocycles. The Balaban J connectivity index is 2.36. The van der Waals surface area contributed by atoms with Gasteiger partial charge in [-0.2, -0.15) is 5.26 Å². The lowest BCUT2D eigenvalue weighted by molar-refractivity contribution is 0.163. The number of rotatable bonds is 7. The second kappa shape index (κ2) is 7.70. The number of hydrogen-bond donors (Lipinski definition) is 1. The molecule has 0 aliphatic heterocycles. The van der Waals surface area contributed by atoms with Crippen LogP contribution in [0.4, 0.5) is 5.69 Å². The summed E-state index contributed by atoms with van der Waals surface area (Å²) in [5.41, 5.74) is 2.81. The first-order chi connectivity index (χ1) is 8.67. The number of nitriles is 1. The Hall–Kier alpha value is -1.57. The molecule has 1 N–H and O–H groups in total. The van der Waals surface area contributed by atoms with Crippen LogP contribution in [0, 0.1) is 18.3 Å². The van der Waals surface area contributed by atoms with Crippen LogP contribution < -0.4 is 5.32 Å². The van der Waals surface area contributed by atoms with Crippen molar-refractivity contribution in [2.24, 2.45) is 0 Å². The molecule has 0 atom stereocenters. The minimum atomic E-state index is 0.734. The fourth-order valence-corrected chi connectivity index (χ4v) is 1.65. The molecule has 0 aliphatic carbocycles. The molecule has 0 fully saturated rings. The summed E-state index contributed by atoms with van der Waals surface area (Å²) in [6.45, 7) is 5.49. The van der Waals surface area contributed by atoms with Crippen LogP contribution >= 0.6 is 0 Å². The number of benzene rings is 1. The third-order valence-corrected chi connectivity index (χ3v) is 2.85. The highest BCUT2D eigenvalue weighted by Gasteiger charge is 2.00. The smallest absolute Gasteiger partial charge is 0.0994 e. The average molecular weight is 247 g/mol. The highest BCUT2D eigenvalue weighted by Crippen LogP contribution is 2.13. The molecule has 1 aromatic rings. The zero-order valence-electron chi connectivity index (χ0n) is 11.4. The average Bonchev–Trinajstić information content (AvgIpc) is 2.36. The van der Waals surface area contributed by atoms with Crippen molar-refractivity contribution >= 4 is 5.69 Å². The molecule has 0 saturated carbocycles. The third-order valence-electron chi connectivity index (χ3n) is 2.85. The van der Waals surface area contributed by atoms with Crippen molar-refractivity contribution < 1.29 is 4.74 Å². The number of aryl methyl sites for hydroxylation is 1. The molecule has 0 spiro atoms. The van der Waals surface area contributed by atoms with E-state index < -0.39 is 0 Å². The summed E-state index contributed by atoms with van der Waals surface area (Å²) in [5.74, 6) is 0. The number of nitrogens with one attached hydrogen (secondary N) is 1. The summed E-state index contributed by atoms with van der Waals surface area (Å²) in [6.07, 6.45) is 0. The first kappa shape index (κ1) is 14.5. The quantitative estimate of drug-likeness (QED) is 0.799. The van der Waals surface area contributed by atoms with Crippen LogP contribution in [0.3, 0.4) is 0 Å². The van der Waals surface area contributed by atoms with Crippen LogP contribution in [-0.4, -0.2) is 45.3 Å². The molecule has 0 radical (unpaired) electrons. The van der Waals surface area contributed by atoms with Gasteiger partial charge in [-0.3, -0.25) is 0 Å². The molecule has 1 rings (SSSR count). The minimum Gasteiger partial charge on any atom is -0.384 e. The summed E-state index contributed by atoms with van der Waals surface area (Å²) < 4.78 is 5.03. The van der Waals surface area contributed by atoms with Crippen molar-refractivity contribution in [1.82, 2.24) is 4.90 Å². The van der Waals surface area contributed by atoms with E-state index in [1.165, 1.54) is 0 Å². The van der Waals surface area contributed by atoms with Crippen LogP contribution in [0.5, 0.6) is 0 Å². The van der Waals surface area contributed by atoms with Crippen molar-refractivity contribution in [2.75, 3.05) is 45.7 Å². The van der Waals surface area contributed by atoms with Crippen LogP contribution in [0.15, 0.2) is 18.2 Å². The van der Waals surface area contributed by atoms with Gasteiger partial charge in [0.2, 0.25) is 0 Å². The van der Waals surface area contributed by atoms with E-state index in [9.17, 15) is 0 Å². The van der Waals surface area contributed by atoms with Crippen molar-refractivity contribution in [3.8, 4) is 6.07 Å². The lowest BCUT2D eigenvalue weighted by Crippen LogP contribution is -2.28. The largest absolute Gasteiger partial charge is 0.384 e. The van der Waals surface area contributed by atoms with Gasteiger partial charge in [-0.1, -0.05) is 0 Å². The van der Waals surface area contributed by atoms with E-state index in [0.29, 0.717) is 0 Å². The SMILES string of the molecule is COCCN(C)CCNc1ccc(C#N)c(C)c1. The van der Waals surface area contributed by atoms with E-state index in [-0.39, 0.29) is 0 Å². The molecule has 1 aromatic carbocycles. The predicted molar refractivity (Wildman–Crippen MR) is 73.8 cm³/mol. The molecule has 18 heavy (non-hydrogen) atoms.